The Balaban J connectivity index is 1.95. The van der Waals surface area contributed by atoms with E-state index in [-0.39, 0.29) is 10.8 Å². The third kappa shape index (κ3) is 2.33. The Hall–Kier alpha value is -1.54. The van der Waals surface area contributed by atoms with Crippen molar-refractivity contribution >= 4 is 11.6 Å². The van der Waals surface area contributed by atoms with Gasteiger partial charge in [0.25, 0.3) is 0 Å². The molecule has 0 heterocycles. The number of rotatable bonds is 2. The molecule has 3 heteroatoms. The van der Waals surface area contributed by atoms with Crippen molar-refractivity contribution in [3.8, 4) is 16.9 Å². The minimum absolute atomic E-state index is 0.0240. The van der Waals surface area contributed by atoms with Crippen LogP contribution in [0.25, 0.3) is 11.1 Å². The van der Waals surface area contributed by atoms with Crippen molar-refractivity contribution in [3.05, 3.63) is 52.8 Å². The van der Waals surface area contributed by atoms with Gasteiger partial charge in [0.2, 0.25) is 0 Å². The van der Waals surface area contributed by atoms with Gasteiger partial charge in [-0.05, 0) is 36.0 Å². The van der Waals surface area contributed by atoms with Crippen LogP contribution in [0, 0.1) is 5.82 Å². The molecular weight excluding hydrogens is 263 g/mol. The van der Waals surface area contributed by atoms with Crippen molar-refractivity contribution in [1.82, 2.24) is 0 Å². The van der Waals surface area contributed by atoms with Gasteiger partial charge in [-0.1, -0.05) is 42.3 Å². The summed E-state index contributed by atoms with van der Waals surface area (Å²) in [5.74, 6) is -0.00764. The van der Waals surface area contributed by atoms with Crippen molar-refractivity contribution in [2.75, 3.05) is 0 Å². The van der Waals surface area contributed by atoms with E-state index in [4.69, 9.17) is 11.6 Å². The largest absolute Gasteiger partial charge is 0.507 e. The zero-order valence-electron chi connectivity index (χ0n) is 10.4. The van der Waals surface area contributed by atoms with Crippen molar-refractivity contribution in [2.24, 2.45) is 0 Å². The van der Waals surface area contributed by atoms with Gasteiger partial charge in [-0.3, -0.25) is 0 Å². The molecule has 1 N–H and O–H groups in total. The summed E-state index contributed by atoms with van der Waals surface area (Å²) >= 11 is 5.76. The van der Waals surface area contributed by atoms with Crippen LogP contribution in [0.15, 0.2) is 36.4 Å². The molecule has 98 valence electrons. The standard InChI is InChI=1S/C16H14ClFO/c17-14-8-13(16(19)9-15(14)18)12-6-4-11(5-7-12)10-2-1-3-10/h4-10,19H,1-3H2. The van der Waals surface area contributed by atoms with Gasteiger partial charge in [-0.15, -0.1) is 0 Å². The first-order chi connectivity index (χ1) is 9.15. The number of phenolic OH excluding ortho intramolecular Hbond substituents is 1. The Labute approximate surface area is 116 Å². The summed E-state index contributed by atoms with van der Waals surface area (Å²) in [6.07, 6.45) is 3.82. The van der Waals surface area contributed by atoms with E-state index in [1.165, 1.54) is 30.9 Å². The fraction of sp³-hybridized carbons (Fsp3) is 0.250. The number of benzene rings is 2. The number of halogens is 2. The number of hydrogen-bond acceptors (Lipinski definition) is 1. The van der Waals surface area contributed by atoms with Gasteiger partial charge in [0.1, 0.15) is 11.6 Å². The van der Waals surface area contributed by atoms with Crippen LogP contribution in [0.2, 0.25) is 5.02 Å². The molecule has 0 amide bonds. The van der Waals surface area contributed by atoms with Crippen LogP contribution in [0.3, 0.4) is 0 Å². The third-order valence-electron chi connectivity index (χ3n) is 3.84. The monoisotopic (exact) mass is 276 g/mol. The van der Waals surface area contributed by atoms with E-state index in [0.29, 0.717) is 11.5 Å². The molecule has 3 rings (SSSR count). The van der Waals surface area contributed by atoms with Gasteiger partial charge in [-0.2, -0.15) is 0 Å². The molecule has 0 aromatic heterocycles. The minimum Gasteiger partial charge on any atom is -0.507 e. The van der Waals surface area contributed by atoms with E-state index in [1.54, 1.807) is 0 Å². The normalized spacial score (nSPS) is 15.3. The van der Waals surface area contributed by atoms with Crippen molar-refractivity contribution < 1.29 is 9.50 Å². The molecule has 0 bridgehead atoms. The molecule has 0 saturated heterocycles. The van der Waals surface area contributed by atoms with Crippen molar-refractivity contribution in [1.29, 1.82) is 0 Å². The molecule has 0 atom stereocenters. The molecule has 1 saturated carbocycles. The summed E-state index contributed by atoms with van der Waals surface area (Å²) in [5, 5.41) is 9.83. The van der Waals surface area contributed by atoms with Crippen LogP contribution >= 0.6 is 11.6 Å². The Kier molecular flexibility index (Phi) is 3.19. The van der Waals surface area contributed by atoms with Gasteiger partial charge >= 0.3 is 0 Å². The minimum atomic E-state index is -0.603. The summed E-state index contributed by atoms with van der Waals surface area (Å²) in [7, 11) is 0. The van der Waals surface area contributed by atoms with Crippen LogP contribution in [-0.4, -0.2) is 5.11 Å². The summed E-state index contributed by atoms with van der Waals surface area (Å²) in [5.41, 5.74) is 2.75. The fourth-order valence-electron chi connectivity index (χ4n) is 2.44. The molecule has 1 aliphatic carbocycles. The lowest BCUT2D eigenvalue weighted by Gasteiger charge is -2.25. The second kappa shape index (κ2) is 4.86. The Morgan fingerprint density at radius 3 is 2.37 bits per heavy atom. The summed E-state index contributed by atoms with van der Waals surface area (Å²) in [6.45, 7) is 0. The number of phenols is 1. The molecule has 1 aliphatic rings. The average Bonchev–Trinajstić information content (AvgIpc) is 2.33. The molecule has 0 radical (unpaired) electrons. The maximum Gasteiger partial charge on any atom is 0.145 e. The van der Waals surface area contributed by atoms with E-state index in [0.717, 1.165) is 11.6 Å². The predicted octanol–water partition coefficient (Wildman–Crippen LogP) is 5.12. The lowest BCUT2D eigenvalue weighted by atomic mass is 9.80. The van der Waals surface area contributed by atoms with Crippen molar-refractivity contribution in [2.45, 2.75) is 25.2 Å². The maximum atomic E-state index is 13.2. The van der Waals surface area contributed by atoms with Crippen LogP contribution in [0.5, 0.6) is 5.75 Å². The first kappa shape index (κ1) is 12.5. The van der Waals surface area contributed by atoms with Crippen molar-refractivity contribution in [3.63, 3.8) is 0 Å². The van der Waals surface area contributed by atoms with E-state index in [1.807, 2.05) is 12.1 Å². The highest BCUT2D eigenvalue weighted by molar-refractivity contribution is 6.31. The fourth-order valence-corrected chi connectivity index (χ4v) is 2.61. The molecule has 1 nitrogen and oxygen atoms in total. The lowest BCUT2D eigenvalue weighted by Crippen LogP contribution is -2.08. The van der Waals surface area contributed by atoms with Gasteiger partial charge in [0.05, 0.1) is 5.02 Å². The van der Waals surface area contributed by atoms with Gasteiger partial charge < -0.3 is 5.11 Å². The molecule has 19 heavy (non-hydrogen) atoms. The third-order valence-corrected chi connectivity index (χ3v) is 4.13. The molecule has 0 spiro atoms. The molecule has 0 unspecified atom stereocenters. The Morgan fingerprint density at radius 1 is 1.11 bits per heavy atom. The second-order valence-electron chi connectivity index (χ2n) is 5.03. The van der Waals surface area contributed by atoms with E-state index >= 15 is 0 Å². The Morgan fingerprint density at radius 2 is 1.79 bits per heavy atom. The quantitative estimate of drug-likeness (QED) is 0.807. The van der Waals surface area contributed by atoms with Crippen LogP contribution in [-0.2, 0) is 0 Å². The summed E-state index contributed by atoms with van der Waals surface area (Å²) in [6, 6.07) is 10.6. The Bertz CT molecular complexity index is 603. The number of aromatic hydroxyl groups is 1. The summed E-state index contributed by atoms with van der Waals surface area (Å²) < 4.78 is 13.2. The van der Waals surface area contributed by atoms with Crippen LogP contribution in [0.1, 0.15) is 30.7 Å². The highest BCUT2D eigenvalue weighted by atomic mass is 35.5. The highest BCUT2D eigenvalue weighted by Gasteiger charge is 2.19. The lowest BCUT2D eigenvalue weighted by molar-refractivity contribution is 0.420. The first-order valence-electron chi connectivity index (χ1n) is 6.43. The SMILES string of the molecule is Oc1cc(F)c(Cl)cc1-c1ccc(C2CCC2)cc1. The molecule has 2 aromatic rings. The molecular formula is C16H14ClFO. The van der Waals surface area contributed by atoms with Crippen LogP contribution in [0.4, 0.5) is 4.39 Å². The van der Waals surface area contributed by atoms with Gasteiger partial charge in [0.15, 0.2) is 0 Å². The average molecular weight is 277 g/mol. The summed E-state index contributed by atoms with van der Waals surface area (Å²) in [4.78, 5) is 0. The predicted molar refractivity (Wildman–Crippen MR) is 75.1 cm³/mol. The highest BCUT2D eigenvalue weighted by Crippen LogP contribution is 2.38. The molecule has 2 aromatic carbocycles. The van der Waals surface area contributed by atoms with Gasteiger partial charge in [0, 0.05) is 11.6 Å². The molecule has 0 aliphatic heterocycles. The maximum absolute atomic E-state index is 13.2. The van der Waals surface area contributed by atoms with E-state index < -0.39 is 5.82 Å². The topological polar surface area (TPSA) is 20.2 Å². The number of hydrogen-bond donors (Lipinski definition) is 1. The second-order valence-corrected chi connectivity index (χ2v) is 5.44. The first-order valence-corrected chi connectivity index (χ1v) is 6.81. The van der Waals surface area contributed by atoms with Gasteiger partial charge in [-0.25, -0.2) is 4.39 Å². The zero-order valence-corrected chi connectivity index (χ0v) is 11.1. The zero-order chi connectivity index (χ0) is 13.4. The van der Waals surface area contributed by atoms with E-state index in [9.17, 15) is 9.50 Å². The molecule has 1 fully saturated rings. The smallest absolute Gasteiger partial charge is 0.145 e. The van der Waals surface area contributed by atoms with E-state index in [2.05, 4.69) is 12.1 Å². The van der Waals surface area contributed by atoms with Crippen LogP contribution < -0.4 is 0 Å².